The molecule has 0 aliphatic carbocycles. The number of halogens is 3. The number of carbonyl (C=O) groups excluding carboxylic acids is 1. The molecule has 32 heavy (non-hydrogen) atoms. The maximum atomic E-state index is 13.0. The van der Waals surface area contributed by atoms with E-state index in [0.717, 1.165) is 17.7 Å². The van der Waals surface area contributed by atoms with Crippen molar-refractivity contribution in [3.8, 4) is 5.75 Å². The Bertz CT molecular complexity index is 1050. The minimum absolute atomic E-state index is 0.0716. The van der Waals surface area contributed by atoms with E-state index >= 15 is 0 Å². The Labute approximate surface area is 182 Å². The second-order valence-electron chi connectivity index (χ2n) is 7.80. The Morgan fingerprint density at radius 2 is 2.06 bits per heavy atom. The molecule has 1 atom stereocenters. The number of carbonyl (C=O) groups is 1. The molecule has 2 aliphatic rings. The lowest BCUT2D eigenvalue weighted by Gasteiger charge is -2.18. The van der Waals surface area contributed by atoms with Gasteiger partial charge in [0, 0.05) is 36.0 Å². The van der Waals surface area contributed by atoms with Gasteiger partial charge >= 0.3 is 6.18 Å². The van der Waals surface area contributed by atoms with Gasteiger partial charge in [-0.3, -0.25) is 9.69 Å². The van der Waals surface area contributed by atoms with Crippen LogP contribution in [-0.4, -0.2) is 40.8 Å². The summed E-state index contributed by atoms with van der Waals surface area (Å²) in [7, 11) is 0. The fourth-order valence-corrected chi connectivity index (χ4v) is 4.04. The number of hydrogen-bond donors (Lipinski definition) is 3. The number of nitrogens with one attached hydrogen (secondary N) is 1. The van der Waals surface area contributed by atoms with Crippen molar-refractivity contribution in [1.82, 2.24) is 4.90 Å². The van der Waals surface area contributed by atoms with Crippen molar-refractivity contribution in [2.75, 3.05) is 25.1 Å². The summed E-state index contributed by atoms with van der Waals surface area (Å²) in [5, 5.41) is 22.3. The van der Waals surface area contributed by atoms with Crippen LogP contribution in [-0.2, 0) is 17.5 Å². The molecule has 1 amide bonds. The molecular formula is C23H23F3N2O4. The van der Waals surface area contributed by atoms with E-state index in [1.807, 2.05) is 6.07 Å². The second-order valence-corrected chi connectivity index (χ2v) is 7.80. The van der Waals surface area contributed by atoms with E-state index < -0.39 is 23.9 Å². The smallest absolute Gasteiger partial charge is 0.416 e. The maximum Gasteiger partial charge on any atom is 0.416 e. The van der Waals surface area contributed by atoms with Crippen LogP contribution in [0.1, 0.15) is 41.3 Å². The lowest BCUT2D eigenvalue weighted by atomic mass is 9.99. The van der Waals surface area contributed by atoms with E-state index in [1.54, 1.807) is 17.0 Å². The van der Waals surface area contributed by atoms with E-state index in [-0.39, 0.29) is 19.0 Å². The van der Waals surface area contributed by atoms with Crippen LogP contribution in [0.15, 0.2) is 42.5 Å². The first kappa shape index (κ1) is 22.3. The van der Waals surface area contributed by atoms with Crippen LogP contribution in [0.25, 0.3) is 5.57 Å². The van der Waals surface area contributed by atoms with Gasteiger partial charge in [-0.15, -0.1) is 0 Å². The predicted molar refractivity (Wildman–Crippen MR) is 112 cm³/mol. The Balaban J connectivity index is 1.54. The number of fused-ring (bicyclic) bond motifs is 2. The number of amides is 1. The number of aliphatic hydroxyl groups is 2. The van der Waals surface area contributed by atoms with Crippen molar-refractivity contribution < 1.29 is 32.9 Å². The molecule has 9 heteroatoms. The third kappa shape index (κ3) is 4.64. The normalized spacial score (nSPS) is 19.8. The number of aliphatic hydroxyl groups excluding tert-OH is 2. The van der Waals surface area contributed by atoms with Gasteiger partial charge in [0.2, 0.25) is 5.91 Å². The third-order valence-electron chi connectivity index (χ3n) is 5.61. The van der Waals surface area contributed by atoms with Crippen molar-refractivity contribution >= 4 is 17.2 Å². The first-order valence-corrected chi connectivity index (χ1v) is 10.3. The second kappa shape index (κ2) is 8.93. The number of β-amino-alcohol motifs (C(OH)–C–C–N with tert-alkyl or cyclic N) is 1. The molecular weight excluding hydrogens is 425 g/mol. The van der Waals surface area contributed by atoms with Crippen molar-refractivity contribution in [3.05, 3.63) is 64.7 Å². The summed E-state index contributed by atoms with van der Waals surface area (Å²) in [6, 6.07) is 8.51. The fraction of sp³-hybridized carbons (Fsp3) is 0.348. The molecule has 0 saturated heterocycles. The summed E-state index contributed by atoms with van der Waals surface area (Å²) in [5.74, 6) is -0.312. The number of hydrogen-bond acceptors (Lipinski definition) is 5. The highest BCUT2D eigenvalue weighted by Gasteiger charge is 2.32. The summed E-state index contributed by atoms with van der Waals surface area (Å²) >= 11 is 0. The van der Waals surface area contributed by atoms with Gasteiger partial charge in [-0.1, -0.05) is 12.1 Å². The topological polar surface area (TPSA) is 82.0 Å². The van der Waals surface area contributed by atoms with Crippen molar-refractivity contribution in [2.24, 2.45) is 0 Å². The monoisotopic (exact) mass is 448 g/mol. The number of benzene rings is 2. The Kier molecular flexibility index (Phi) is 6.23. The summed E-state index contributed by atoms with van der Waals surface area (Å²) in [6.07, 6.45) is -2.90. The Morgan fingerprint density at radius 3 is 2.81 bits per heavy atom. The zero-order valence-corrected chi connectivity index (χ0v) is 17.2. The van der Waals surface area contributed by atoms with Gasteiger partial charge in [-0.05, 0) is 48.2 Å². The van der Waals surface area contributed by atoms with Crippen LogP contribution in [0, 0.1) is 0 Å². The number of alkyl halides is 3. The molecule has 6 nitrogen and oxygen atoms in total. The van der Waals surface area contributed by atoms with Crippen LogP contribution < -0.4 is 10.1 Å². The number of ether oxygens (including phenoxy) is 1. The Morgan fingerprint density at radius 1 is 1.25 bits per heavy atom. The van der Waals surface area contributed by atoms with E-state index in [0.29, 0.717) is 48.3 Å². The van der Waals surface area contributed by atoms with Crippen molar-refractivity contribution in [2.45, 2.75) is 31.8 Å². The molecule has 1 unspecified atom stereocenters. The molecule has 170 valence electrons. The van der Waals surface area contributed by atoms with Crippen LogP contribution in [0.2, 0.25) is 0 Å². The average molecular weight is 448 g/mol. The summed E-state index contributed by atoms with van der Waals surface area (Å²) in [6.45, 7) is 1.03. The number of anilines is 1. The highest BCUT2D eigenvalue weighted by molar-refractivity contribution is 6.04. The number of allylic oxidation sites excluding steroid dienone is 1. The van der Waals surface area contributed by atoms with E-state index in [4.69, 9.17) is 9.84 Å². The molecule has 2 aromatic rings. The van der Waals surface area contributed by atoms with Gasteiger partial charge in [-0.25, -0.2) is 0 Å². The summed E-state index contributed by atoms with van der Waals surface area (Å²) < 4.78 is 44.6. The molecule has 0 radical (unpaired) electrons. The molecule has 2 heterocycles. The van der Waals surface area contributed by atoms with E-state index in [2.05, 4.69) is 5.32 Å². The number of rotatable bonds is 4. The van der Waals surface area contributed by atoms with Gasteiger partial charge in [0.15, 0.2) is 0 Å². The summed E-state index contributed by atoms with van der Waals surface area (Å²) in [4.78, 5) is 14.4. The van der Waals surface area contributed by atoms with Crippen LogP contribution in [0.5, 0.6) is 5.75 Å². The average Bonchev–Trinajstić information content (AvgIpc) is 2.92. The molecule has 0 fully saturated rings. The minimum atomic E-state index is -4.48. The standard InChI is InChI=1S/C23H23F3N2O4/c24-23(25,26)16-4-6-18-14(2-1-9-32-20(18)11-16)10-21(30)27-17-5-3-15-13-28(7-8-29)22(31)19(15)12-17/h3-6,10-12,22,29,31H,1-2,7-9,13H2,(H,27,30). The lowest BCUT2D eigenvalue weighted by Crippen LogP contribution is -2.25. The fourth-order valence-electron chi connectivity index (χ4n) is 4.04. The third-order valence-corrected chi connectivity index (χ3v) is 5.61. The molecule has 0 spiro atoms. The van der Waals surface area contributed by atoms with Gasteiger partial charge in [0.05, 0.1) is 18.8 Å². The van der Waals surface area contributed by atoms with E-state index in [1.165, 1.54) is 12.1 Å². The molecule has 0 saturated carbocycles. The first-order valence-electron chi connectivity index (χ1n) is 10.3. The Hall–Kier alpha value is -2.88. The van der Waals surface area contributed by atoms with Gasteiger partial charge in [-0.2, -0.15) is 13.2 Å². The maximum absolute atomic E-state index is 13.0. The molecule has 4 rings (SSSR count). The molecule has 0 aromatic heterocycles. The largest absolute Gasteiger partial charge is 0.493 e. The van der Waals surface area contributed by atoms with Crippen molar-refractivity contribution in [3.63, 3.8) is 0 Å². The minimum Gasteiger partial charge on any atom is -0.493 e. The van der Waals surface area contributed by atoms with Crippen LogP contribution in [0.3, 0.4) is 0 Å². The molecule has 3 N–H and O–H groups in total. The van der Waals surface area contributed by atoms with Gasteiger partial charge in [0.1, 0.15) is 12.0 Å². The van der Waals surface area contributed by atoms with Crippen LogP contribution in [0.4, 0.5) is 18.9 Å². The molecule has 0 bridgehead atoms. The van der Waals surface area contributed by atoms with E-state index in [9.17, 15) is 23.1 Å². The first-order chi connectivity index (χ1) is 15.3. The van der Waals surface area contributed by atoms with Gasteiger partial charge < -0.3 is 20.3 Å². The molecule has 2 aliphatic heterocycles. The predicted octanol–water partition coefficient (Wildman–Crippen LogP) is 3.70. The molecule has 2 aromatic carbocycles. The highest BCUT2D eigenvalue weighted by Crippen LogP contribution is 2.38. The zero-order chi connectivity index (χ0) is 22.9. The lowest BCUT2D eigenvalue weighted by molar-refractivity contribution is -0.137. The van der Waals surface area contributed by atoms with Crippen LogP contribution >= 0.6 is 0 Å². The zero-order valence-electron chi connectivity index (χ0n) is 17.2. The quantitative estimate of drug-likeness (QED) is 0.622. The number of nitrogens with zero attached hydrogens (tertiary/aromatic N) is 1. The summed E-state index contributed by atoms with van der Waals surface area (Å²) in [5.41, 5.74) is 2.34. The van der Waals surface area contributed by atoms with Gasteiger partial charge in [0.25, 0.3) is 0 Å². The highest BCUT2D eigenvalue weighted by atomic mass is 19.4. The van der Waals surface area contributed by atoms with Crippen molar-refractivity contribution in [1.29, 1.82) is 0 Å². The SMILES string of the molecule is O=C(C=C1CCCOc2cc(C(F)(F)F)ccc21)Nc1ccc2c(c1)C(O)N(CCO)C2.